The topological polar surface area (TPSA) is 25.8 Å². The maximum Gasteiger partial charge on any atom is 0.0784 e. The molecule has 0 bridgehead atoms. The Morgan fingerprint density at radius 2 is 1.75 bits per heavy atom. The number of fused-ring (bicyclic) bond motifs is 3. The molecular formula is C34H34IrN2S2Si-2. The average Bonchev–Trinajstić information content (AvgIpc) is 3.32. The van der Waals surface area contributed by atoms with E-state index in [1.165, 1.54) is 35.4 Å². The zero-order valence-corrected chi connectivity index (χ0v) is 28.8. The van der Waals surface area contributed by atoms with E-state index < -0.39 is 8.07 Å². The van der Waals surface area contributed by atoms with Crippen molar-refractivity contribution in [3.05, 3.63) is 117 Å². The molecule has 2 nitrogen and oxygen atoms in total. The molecule has 0 amide bonds. The van der Waals surface area contributed by atoms with E-state index in [0.29, 0.717) is 5.92 Å². The predicted octanol–water partition coefficient (Wildman–Crippen LogP) is 8.51. The maximum absolute atomic E-state index is 4.66. The van der Waals surface area contributed by atoms with E-state index in [0.717, 1.165) is 16.3 Å². The molecule has 0 fully saturated rings. The molecule has 1 aliphatic heterocycles. The number of thiophene rings is 1. The molecule has 40 heavy (non-hydrogen) atoms. The molecule has 0 spiro atoms. The molecule has 6 heteroatoms. The minimum absolute atomic E-state index is 0. The van der Waals surface area contributed by atoms with Gasteiger partial charge in [-0.1, -0.05) is 74.2 Å². The van der Waals surface area contributed by atoms with Gasteiger partial charge in [0.1, 0.15) is 0 Å². The van der Waals surface area contributed by atoms with Gasteiger partial charge in [-0.05, 0) is 47.2 Å². The van der Waals surface area contributed by atoms with E-state index in [2.05, 4.69) is 116 Å². The van der Waals surface area contributed by atoms with Crippen molar-refractivity contribution in [3.8, 4) is 11.3 Å². The van der Waals surface area contributed by atoms with Crippen LogP contribution in [0.15, 0.2) is 90.2 Å². The average molecular weight is 755 g/mol. The number of aromatic nitrogens is 2. The van der Waals surface area contributed by atoms with Gasteiger partial charge in [0.15, 0.2) is 0 Å². The first-order valence-electron chi connectivity index (χ1n) is 13.3. The number of nitrogens with zero attached hydrogens (tertiary/aromatic N) is 2. The fraction of sp³-hybridized carbons (Fsp3) is 0.206. The van der Waals surface area contributed by atoms with Crippen LogP contribution >= 0.6 is 21.8 Å². The Kier molecular flexibility index (Phi) is 9.92. The molecule has 5 aromatic rings. The molecule has 4 heterocycles. The Morgan fingerprint density at radius 3 is 2.38 bits per heavy atom. The fourth-order valence-electron chi connectivity index (χ4n) is 4.30. The van der Waals surface area contributed by atoms with Gasteiger partial charge in [-0.3, -0.25) is 4.98 Å². The van der Waals surface area contributed by atoms with Crippen LogP contribution < -0.4 is 10.4 Å². The number of allylic oxidation sites excluding steroid dienone is 1. The summed E-state index contributed by atoms with van der Waals surface area (Å²) < 4.78 is 2.77. The zero-order valence-electron chi connectivity index (χ0n) is 23.8. The molecule has 2 aromatic carbocycles. The van der Waals surface area contributed by atoms with Gasteiger partial charge in [0.2, 0.25) is 0 Å². The maximum atomic E-state index is 4.66. The Morgan fingerprint density at radius 1 is 0.925 bits per heavy atom. The number of aryl methyl sites for hydroxylation is 1. The minimum Gasteiger partial charge on any atom is -0.304 e. The van der Waals surface area contributed by atoms with Crippen molar-refractivity contribution < 1.29 is 20.1 Å². The van der Waals surface area contributed by atoms with Gasteiger partial charge in [0, 0.05) is 41.0 Å². The SMILES string of the molecule is CC(C)c1ccc(-c2[c-]cccc2)nc1.Cc1ccc(S2=c3sc4ccc([Si](C)(C)C)cc4c3=CC=[C-]2)nc1.[Ir]. The van der Waals surface area contributed by atoms with Crippen molar-refractivity contribution in [2.24, 2.45) is 0 Å². The third kappa shape index (κ3) is 6.87. The van der Waals surface area contributed by atoms with Gasteiger partial charge in [-0.2, -0.15) is 10.5 Å². The molecule has 6 rings (SSSR count). The number of hydrogen-bond acceptors (Lipinski definition) is 3. The Bertz CT molecular complexity index is 1750. The fourth-order valence-corrected chi connectivity index (χ4v) is 8.75. The summed E-state index contributed by atoms with van der Waals surface area (Å²) in [5, 5.41) is 8.93. The van der Waals surface area contributed by atoms with E-state index in [1.807, 2.05) is 48.0 Å². The largest absolute Gasteiger partial charge is 0.304 e. The summed E-state index contributed by atoms with van der Waals surface area (Å²) in [5.41, 5.74) is 4.51. The van der Waals surface area contributed by atoms with Crippen molar-refractivity contribution in [1.82, 2.24) is 9.97 Å². The van der Waals surface area contributed by atoms with Crippen molar-refractivity contribution in [2.45, 2.75) is 51.4 Å². The van der Waals surface area contributed by atoms with Crippen LogP contribution in [0.4, 0.5) is 0 Å². The van der Waals surface area contributed by atoms with Crippen LogP contribution in [0.1, 0.15) is 30.9 Å². The molecule has 1 aliphatic rings. The first kappa shape index (κ1) is 30.5. The molecule has 0 saturated carbocycles. The molecule has 0 N–H and O–H groups in total. The van der Waals surface area contributed by atoms with Crippen LogP contribution in [-0.2, 0) is 20.1 Å². The van der Waals surface area contributed by atoms with E-state index in [1.54, 1.807) is 0 Å². The molecule has 1 atom stereocenters. The van der Waals surface area contributed by atoms with Crippen LogP contribution in [0.2, 0.25) is 19.6 Å². The minimum atomic E-state index is -1.30. The number of pyridine rings is 2. The van der Waals surface area contributed by atoms with Crippen LogP contribution in [0.5, 0.6) is 0 Å². The molecule has 0 aliphatic carbocycles. The van der Waals surface area contributed by atoms with Crippen molar-refractivity contribution in [1.29, 1.82) is 0 Å². The third-order valence-corrected chi connectivity index (χ3v) is 12.1. The predicted molar refractivity (Wildman–Crippen MR) is 173 cm³/mol. The van der Waals surface area contributed by atoms with Gasteiger partial charge in [0.05, 0.1) is 13.1 Å². The van der Waals surface area contributed by atoms with Gasteiger partial charge in [-0.25, -0.2) is 17.6 Å². The molecule has 3 aromatic heterocycles. The monoisotopic (exact) mass is 755 g/mol. The summed E-state index contributed by atoms with van der Waals surface area (Å²) in [6, 6.07) is 26.6. The Labute approximate surface area is 259 Å². The molecule has 1 radical (unpaired) electrons. The second-order valence-electron chi connectivity index (χ2n) is 11.1. The summed E-state index contributed by atoms with van der Waals surface area (Å²) in [7, 11) is -1.47. The van der Waals surface area contributed by atoms with Gasteiger partial charge in [0.25, 0.3) is 0 Å². The second-order valence-corrected chi connectivity index (χ2v) is 19.2. The van der Waals surface area contributed by atoms with Crippen LogP contribution in [0, 0.1) is 22.2 Å². The zero-order chi connectivity index (χ0) is 27.6. The smallest absolute Gasteiger partial charge is 0.0784 e. The summed E-state index contributed by atoms with van der Waals surface area (Å²) in [4.78, 5) is 9.10. The summed E-state index contributed by atoms with van der Waals surface area (Å²) >= 11 is 1.90. The summed E-state index contributed by atoms with van der Waals surface area (Å²) in [6.45, 7) is 13.6. The standard InChI is InChI=1S/C20H20NS2Si.C14H14N.Ir/c1-14-7-10-19(21-13-14)23-11-5-6-16-17-12-15(24(2,3)4)8-9-18(17)22-20(16)23;1-11(2)13-8-9-14(15-10-13)12-6-4-3-5-7-12;/h5-10,12-13H,1-4H3;3-6,8-11H,1-2H3;/q2*-1;. The quantitative estimate of drug-likeness (QED) is 0.105. The van der Waals surface area contributed by atoms with Crippen molar-refractivity contribution in [3.63, 3.8) is 0 Å². The van der Waals surface area contributed by atoms with Crippen molar-refractivity contribution in [2.75, 3.05) is 0 Å². The third-order valence-electron chi connectivity index (χ3n) is 6.71. The van der Waals surface area contributed by atoms with E-state index in [9.17, 15) is 0 Å². The van der Waals surface area contributed by atoms with Crippen LogP contribution in [-0.4, -0.2) is 18.0 Å². The molecule has 0 saturated heterocycles. The summed E-state index contributed by atoms with van der Waals surface area (Å²) in [6.07, 6.45) is 8.21. The number of rotatable bonds is 4. The first-order chi connectivity index (χ1) is 18.7. The van der Waals surface area contributed by atoms with E-state index in [-0.39, 0.29) is 30.6 Å². The molecular weight excluding hydrogens is 721 g/mol. The molecule has 1 unspecified atom stereocenters. The normalized spacial score (nSPS) is 14.1. The number of hydrogen-bond donors (Lipinski definition) is 0. The first-order valence-corrected chi connectivity index (χ1v) is 18.8. The Hall–Kier alpha value is -2.47. The van der Waals surface area contributed by atoms with E-state index >= 15 is 0 Å². The van der Waals surface area contributed by atoms with Crippen LogP contribution in [0.3, 0.4) is 0 Å². The number of benzene rings is 2. The van der Waals surface area contributed by atoms with Crippen LogP contribution in [0.25, 0.3) is 27.4 Å². The van der Waals surface area contributed by atoms with Crippen molar-refractivity contribution >= 4 is 51.2 Å². The second kappa shape index (κ2) is 13.0. The Balaban J connectivity index is 0.000000200. The summed E-state index contributed by atoms with van der Waals surface area (Å²) in [5.74, 6) is 0.534. The van der Waals surface area contributed by atoms with Gasteiger partial charge >= 0.3 is 0 Å². The van der Waals surface area contributed by atoms with Gasteiger partial charge in [-0.15, -0.1) is 47.2 Å². The molecule has 207 valence electrons. The van der Waals surface area contributed by atoms with Gasteiger partial charge < -0.3 is 4.98 Å². The van der Waals surface area contributed by atoms with E-state index in [4.69, 9.17) is 0 Å².